The Kier molecular flexibility index (Phi) is 9.12. The fourth-order valence-electron chi connectivity index (χ4n) is 4.51. The lowest BCUT2D eigenvalue weighted by Crippen LogP contribution is -2.47. The second kappa shape index (κ2) is 12.0. The molecule has 1 aliphatic heterocycles. The summed E-state index contributed by atoms with van der Waals surface area (Å²) >= 11 is 0. The Labute approximate surface area is 205 Å². The highest BCUT2D eigenvalue weighted by Gasteiger charge is 2.26. The van der Waals surface area contributed by atoms with E-state index in [9.17, 15) is 23.9 Å². The smallest absolute Gasteiger partial charge is 0.319 e. The Bertz CT molecular complexity index is 1020. The van der Waals surface area contributed by atoms with Crippen LogP contribution in [0.4, 0.5) is 14.9 Å². The van der Waals surface area contributed by atoms with Crippen LogP contribution in [0.2, 0.25) is 0 Å². The molecule has 3 atom stereocenters. The average Bonchev–Trinajstić information content (AvgIpc) is 2.80. The molecule has 3 N–H and O–H groups in total. The van der Waals surface area contributed by atoms with E-state index in [2.05, 4.69) is 10.6 Å². The number of Topliss-reactive ketones (excluding diaryl/α,β-unsaturated/α-hetero) is 2. The van der Waals surface area contributed by atoms with E-state index in [1.54, 1.807) is 12.1 Å². The first-order valence-corrected chi connectivity index (χ1v) is 12.0. The number of urea groups is 1. The minimum Gasteiger partial charge on any atom is -0.378 e. The van der Waals surface area contributed by atoms with Crippen LogP contribution in [0.1, 0.15) is 66.3 Å². The van der Waals surface area contributed by atoms with Crippen molar-refractivity contribution in [2.24, 2.45) is 5.92 Å². The van der Waals surface area contributed by atoms with Gasteiger partial charge in [-0.1, -0.05) is 12.1 Å². The number of halogens is 1. The molecule has 1 heterocycles. The summed E-state index contributed by atoms with van der Waals surface area (Å²) in [4.78, 5) is 38.1. The number of aliphatic hydroxyl groups excluding tert-OH is 1. The van der Waals surface area contributed by atoms with Crippen LogP contribution in [-0.4, -0.2) is 53.0 Å². The quantitative estimate of drug-likeness (QED) is 0.459. The zero-order valence-electron chi connectivity index (χ0n) is 20.5. The summed E-state index contributed by atoms with van der Waals surface area (Å²) in [5.74, 6) is -0.273. The second-order valence-electron chi connectivity index (χ2n) is 9.46. The van der Waals surface area contributed by atoms with E-state index < -0.39 is 12.3 Å². The number of rotatable bonds is 9. The SMILES string of the molecule is CC(=O)c1cc(NC(=O)N[C@@H](C)C[C@@H](O)N2CCC[C@@H](Cc3ccc(F)cc3)C2)cc(C(C)=O)c1. The molecule has 1 fully saturated rings. The molecule has 0 unspecified atom stereocenters. The highest BCUT2D eigenvalue weighted by atomic mass is 19.1. The molecule has 2 amide bonds. The van der Waals surface area contributed by atoms with Crippen molar-refractivity contribution in [3.63, 3.8) is 0 Å². The van der Waals surface area contributed by atoms with Crippen LogP contribution in [0.25, 0.3) is 0 Å². The number of nitrogens with one attached hydrogen (secondary N) is 2. The van der Waals surface area contributed by atoms with E-state index in [1.165, 1.54) is 44.2 Å². The molecule has 0 aromatic heterocycles. The number of ketones is 2. The van der Waals surface area contributed by atoms with E-state index in [1.807, 2.05) is 11.8 Å². The number of amides is 2. The maximum atomic E-state index is 13.2. The standard InChI is InChI=1S/C27H34FN3O4/c1-17(29-27(35)30-25-14-22(18(2)32)13-23(15-25)19(3)33)11-26(34)31-10-4-5-21(16-31)12-20-6-8-24(28)9-7-20/h6-9,13-15,17,21,26,34H,4-5,10-12,16H2,1-3H3,(H2,29,30,35)/t17-,21-,26+/m0/s1. The van der Waals surface area contributed by atoms with Crippen molar-refractivity contribution in [3.8, 4) is 0 Å². The van der Waals surface area contributed by atoms with Gasteiger partial charge >= 0.3 is 6.03 Å². The predicted octanol–water partition coefficient (Wildman–Crippen LogP) is 4.40. The molecule has 3 rings (SSSR count). The van der Waals surface area contributed by atoms with Crippen molar-refractivity contribution < 1.29 is 23.9 Å². The average molecular weight is 484 g/mol. The first-order valence-electron chi connectivity index (χ1n) is 12.0. The van der Waals surface area contributed by atoms with Gasteiger partial charge in [-0.05, 0) is 81.8 Å². The fraction of sp³-hybridized carbons (Fsp3) is 0.444. The number of anilines is 1. The fourth-order valence-corrected chi connectivity index (χ4v) is 4.51. The summed E-state index contributed by atoms with van der Waals surface area (Å²) in [6.45, 7) is 6.14. The summed E-state index contributed by atoms with van der Waals surface area (Å²) in [6, 6.07) is 10.3. The third-order valence-corrected chi connectivity index (χ3v) is 6.36. The van der Waals surface area contributed by atoms with Crippen molar-refractivity contribution in [2.75, 3.05) is 18.4 Å². The lowest BCUT2D eigenvalue weighted by atomic mass is 9.91. The van der Waals surface area contributed by atoms with Crippen LogP contribution in [-0.2, 0) is 6.42 Å². The van der Waals surface area contributed by atoms with Gasteiger partial charge in [0.2, 0.25) is 0 Å². The van der Waals surface area contributed by atoms with Crippen LogP contribution in [0.3, 0.4) is 0 Å². The molecule has 35 heavy (non-hydrogen) atoms. The molecule has 188 valence electrons. The van der Waals surface area contributed by atoms with Gasteiger partial charge in [0.25, 0.3) is 0 Å². The molecule has 1 saturated heterocycles. The Morgan fingerprint density at radius 2 is 1.71 bits per heavy atom. The minimum absolute atomic E-state index is 0.202. The summed E-state index contributed by atoms with van der Waals surface area (Å²) < 4.78 is 13.2. The normalized spacial score (nSPS) is 17.9. The Hall–Kier alpha value is -3.10. The molecule has 8 heteroatoms. The minimum atomic E-state index is -0.702. The lowest BCUT2D eigenvalue weighted by molar-refractivity contribution is -0.0306. The van der Waals surface area contributed by atoms with Crippen molar-refractivity contribution >= 4 is 23.3 Å². The van der Waals surface area contributed by atoms with Gasteiger partial charge in [0.05, 0.1) is 0 Å². The van der Waals surface area contributed by atoms with E-state index in [4.69, 9.17) is 0 Å². The monoisotopic (exact) mass is 483 g/mol. The van der Waals surface area contributed by atoms with Gasteiger partial charge in [-0.25, -0.2) is 9.18 Å². The third-order valence-electron chi connectivity index (χ3n) is 6.36. The van der Waals surface area contributed by atoms with Gasteiger partial charge in [-0.15, -0.1) is 0 Å². The molecule has 2 aromatic rings. The molecule has 2 aromatic carbocycles. The number of likely N-dealkylation sites (tertiary alicyclic amines) is 1. The van der Waals surface area contributed by atoms with E-state index in [-0.39, 0.29) is 23.4 Å². The maximum absolute atomic E-state index is 13.2. The van der Waals surface area contributed by atoms with Crippen LogP contribution >= 0.6 is 0 Å². The van der Waals surface area contributed by atoms with Gasteiger partial charge in [0.15, 0.2) is 11.6 Å². The highest BCUT2D eigenvalue weighted by Crippen LogP contribution is 2.23. The van der Waals surface area contributed by atoms with Gasteiger partial charge in [-0.2, -0.15) is 0 Å². The molecule has 0 saturated carbocycles. The molecule has 0 spiro atoms. The molecule has 0 bridgehead atoms. The Balaban J connectivity index is 1.51. The van der Waals surface area contributed by atoms with Crippen LogP contribution < -0.4 is 10.6 Å². The molecular formula is C27H34FN3O4. The third kappa shape index (κ3) is 7.97. The predicted molar refractivity (Wildman–Crippen MR) is 133 cm³/mol. The van der Waals surface area contributed by atoms with E-state index in [0.717, 1.165) is 37.9 Å². The van der Waals surface area contributed by atoms with E-state index >= 15 is 0 Å². The van der Waals surface area contributed by atoms with Gasteiger partial charge in [0.1, 0.15) is 12.0 Å². The molecular weight excluding hydrogens is 449 g/mol. The summed E-state index contributed by atoms with van der Waals surface area (Å²) in [6.07, 6.45) is 2.50. The first-order chi connectivity index (χ1) is 16.6. The Morgan fingerprint density at radius 1 is 1.09 bits per heavy atom. The van der Waals surface area contributed by atoms with Gasteiger partial charge < -0.3 is 15.7 Å². The van der Waals surface area contributed by atoms with Gasteiger partial charge in [-0.3, -0.25) is 14.5 Å². The zero-order valence-corrected chi connectivity index (χ0v) is 20.5. The zero-order chi connectivity index (χ0) is 25.5. The first kappa shape index (κ1) is 26.5. The Morgan fingerprint density at radius 3 is 2.31 bits per heavy atom. The summed E-state index contributed by atoms with van der Waals surface area (Å²) in [7, 11) is 0. The van der Waals surface area contributed by atoms with Crippen molar-refractivity contribution in [1.29, 1.82) is 0 Å². The molecule has 0 radical (unpaired) electrons. The van der Waals surface area contributed by atoms with Crippen LogP contribution in [0.5, 0.6) is 0 Å². The summed E-state index contributed by atoms with van der Waals surface area (Å²) in [5.41, 5.74) is 2.13. The maximum Gasteiger partial charge on any atom is 0.319 e. The largest absolute Gasteiger partial charge is 0.378 e. The van der Waals surface area contributed by atoms with Crippen LogP contribution in [0, 0.1) is 11.7 Å². The number of carbonyl (C=O) groups excluding carboxylic acids is 3. The lowest BCUT2D eigenvalue weighted by Gasteiger charge is -2.37. The van der Waals surface area contributed by atoms with Gasteiger partial charge in [0, 0.05) is 42.4 Å². The summed E-state index contributed by atoms with van der Waals surface area (Å²) in [5, 5.41) is 16.3. The molecule has 0 aliphatic carbocycles. The molecule has 7 nitrogen and oxygen atoms in total. The van der Waals surface area contributed by atoms with E-state index in [0.29, 0.717) is 29.2 Å². The highest BCUT2D eigenvalue weighted by molar-refractivity contribution is 6.02. The van der Waals surface area contributed by atoms with Crippen molar-refractivity contribution in [3.05, 3.63) is 65.0 Å². The van der Waals surface area contributed by atoms with Crippen LogP contribution in [0.15, 0.2) is 42.5 Å². The van der Waals surface area contributed by atoms with Crippen molar-refractivity contribution in [2.45, 2.75) is 58.7 Å². The number of piperidine rings is 1. The number of aliphatic hydroxyl groups is 1. The topological polar surface area (TPSA) is 98.7 Å². The second-order valence-corrected chi connectivity index (χ2v) is 9.46. The number of hydrogen-bond acceptors (Lipinski definition) is 5. The number of hydrogen-bond donors (Lipinski definition) is 3. The number of carbonyl (C=O) groups is 3. The number of nitrogens with zero attached hydrogens (tertiary/aromatic N) is 1. The number of benzene rings is 2. The van der Waals surface area contributed by atoms with Crippen molar-refractivity contribution in [1.82, 2.24) is 10.2 Å². The molecule has 1 aliphatic rings.